The predicted octanol–water partition coefficient (Wildman–Crippen LogP) is 12.1. The van der Waals surface area contributed by atoms with Crippen LogP contribution in [0.2, 0.25) is 0 Å². The summed E-state index contributed by atoms with van der Waals surface area (Å²) in [5, 5.41) is 24.5. The number of rotatable bonds is 10. The fourth-order valence-electron chi connectivity index (χ4n) is 6.82. The van der Waals surface area contributed by atoms with Crippen LogP contribution in [0.25, 0.3) is 67.0 Å². The largest absolute Gasteiger partial charge is 0.456 e. The van der Waals surface area contributed by atoms with Crippen molar-refractivity contribution in [3.05, 3.63) is 202 Å². The maximum Gasteiger partial charge on any atom is 0.270 e. The van der Waals surface area contributed by atoms with Gasteiger partial charge < -0.3 is 4.74 Å². The van der Waals surface area contributed by atoms with E-state index < -0.39 is 9.85 Å². The number of ether oxygens (including phenoxy) is 1. The normalized spacial score (nSPS) is 10.8. The number of pyridine rings is 2. The number of hydrogen-bond donors (Lipinski definition) is 0. The highest BCUT2D eigenvalue weighted by atomic mass is 16.6. The fourth-order valence-corrected chi connectivity index (χ4v) is 6.82. The molecule has 2 heterocycles. The molecule has 0 fully saturated rings. The van der Waals surface area contributed by atoms with E-state index in [1.807, 2.05) is 133 Å². The molecule has 0 radical (unpaired) electrons. The lowest BCUT2D eigenvalue weighted by atomic mass is 9.88. The minimum atomic E-state index is -0.444. The summed E-state index contributed by atoms with van der Waals surface area (Å²) in [6, 6.07) is 51.4. The van der Waals surface area contributed by atoms with Gasteiger partial charge in [0.1, 0.15) is 11.5 Å². The topological polar surface area (TPSA) is 121 Å². The summed E-state index contributed by atoms with van der Waals surface area (Å²) < 4.78 is 6.81. The second-order valence-electron chi connectivity index (χ2n) is 12.6. The number of benzene rings is 6. The van der Waals surface area contributed by atoms with Gasteiger partial charge in [-0.1, -0.05) is 109 Å². The Kier molecular flexibility index (Phi) is 9.40. The van der Waals surface area contributed by atoms with Gasteiger partial charge in [0.25, 0.3) is 11.4 Å². The van der Waals surface area contributed by atoms with Crippen molar-refractivity contribution in [2.75, 3.05) is 0 Å². The van der Waals surface area contributed by atoms with Crippen molar-refractivity contribution in [2.45, 2.75) is 0 Å². The number of non-ortho nitro benzene ring substituents is 2. The zero-order valence-electron chi connectivity index (χ0n) is 29.2. The van der Waals surface area contributed by atoms with Crippen molar-refractivity contribution >= 4 is 11.4 Å². The van der Waals surface area contributed by atoms with Crippen molar-refractivity contribution in [3.8, 4) is 78.5 Å². The first-order valence-corrected chi connectivity index (χ1v) is 17.4. The van der Waals surface area contributed by atoms with Crippen LogP contribution in [0.5, 0.6) is 11.5 Å². The Labute approximate surface area is 316 Å². The number of nitro groups is 2. The summed E-state index contributed by atoms with van der Waals surface area (Å²) in [5.74, 6) is 0.614. The van der Waals surface area contributed by atoms with Gasteiger partial charge in [0, 0.05) is 58.9 Å². The quantitative estimate of drug-likeness (QED) is 0.102. The van der Waals surface area contributed by atoms with E-state index in [0.29, 0.717) is 45.1 Å². The molecule has 0 N–H and O–H groups in total. The molecule has 6 aromatic carbocycles. The number of hydrogen-bond acceptors (Lipinski definition) is 7. The Bertz CT molecular complexity index is 2490. The average Bonchev–Trinajstić information content (AvgIpc) is 3.24. The van der Waals surface area contributed by atoms with Gasteiger partial charge in [-0.05, 0) is 69.8 Å². The van der Waals surface area contributed by atoms with Gasteiger partial charge in [0.15, 0.2) is 0 Å². The van der Waals surface area contributed by atoms with Gasteiger partial charge in [0.05, 0.1) is 21.2 Å². The standard InChI is InChI=1S/C46H30N4O5/c51-49(52)33-23-25-43(39(29-33)37-19-11-17-35(31-13-3-1-4-14-31)45(37)41-21-7-9-27-47-41)55-44-26-24-34(50(53)54)30-40(44)38-20-12-18-36(32-15-5-2-6-16-32)46(38)42-22-8-10-28-48-42/h1-30H. The molecule has 0 saturated carbocycles. The smallest absolute Gasteiger partial charge is 0.270 e. The molecule has 0 atom stereocenters. The summed E-state index contributed by atoms with van der Waals surface area (Å²) in [4.78, 5) is 33.0. The van der Waals surface area contributed by atoms with Crippen molar-refractivity contribution < 1.29 is 14.6 Å². The zero-order valence-corrected chi connectivity index (χ0v) is 29.2. The number of aromatic nitrogens is 2. The third kappa shape index (κ3) is 6.93. The second-order valence-corrected chi connectivity index (χ2v) is 12.6. The van der Waals surface area contributed by atoms with E-state index in [1.54, 1.807) is 24.5 Å². The van der Waals surface area contributed by atoms with Crippen molar-refractivity contribution in [2.24, 2.45) is 0 Å². The summed E-state index contributed by atoms with van der Waals surface area (Å²) in [7, 11) is 0. The highest BCUT2D eigenvalue weighted by Crippen LogP contribution is 2.48. The maximum absolute atomic E-state index is 12.2. The summed E-state index contributed by atoms with van der Waals surface area (Å²) in [6.07, 6.45) is 3.41. The summed E-state index contributed by atoms with van der Waals surface area (Å²) >= 11 is 0. The van der Waals surface area contributed by atoms with Gasteiger partial charge >= 0.3 is 0 Å². The zero-order chi connectivity index (χ0) is 37.7. The van der Waals surface area contributed by atoms with Crippen LogP contribution in [0.4, 0.5) is 11.4 Å². The minimum absolute atomic E-state index is 0.128. The summed E-state index contributed by atoms with van der Waals surface area (Å²) in [5.41, 5.74) is 8.44. The molecule has 0 aliphatic heterocycles. The van der Waals surface area contributed by atoms with Crippen LogP contribution in [0, 0.1) is 20.2 Å². The van der Waals surface area contributed by atoms with Gasteiger partial charge in [-0.15, -0.1) is 0 Å². The number of nitrogens with zero attached hydrogens (tertiary/aromatic N) is 4. The molecule has 0 amide bonds. The molecule has 0 saturated heterocycles. The van der Waals surface area contributed by atoms with Crippen LogP contribution in [-0.4, -0.2) is 19.8 Å². The van der Waals surface area contributed by atoms with E-state index in [-0.39, 0.29) is 11.4 Å². The van der Waals surface area contributed by atoms with E-state index in [4.69, 9.17) is 14.7 Å². The van der Waals surface area contributed by atoms with Gasteiger partial charge in [-0.3, -0.25) is 30.2 Å². The molecule has 0 spiro atoms. The monoisotopic (exact) mass is 718 g/mol. The van der Waals surface area contributed by atoms with E-state index in [0.717, 1.165) is 33.4 Å². The first kappa shape index (κ1) is 34.3. The van der Waals surface area contributed by atoms with Crippen molar-refractivity contribution in [1.29, 1.82) is 0 Å². The summed E-state index contributed by atoms with van der Waals surface area (Å²) in [6.45, 7) is 0. The predicted molar refractivity (Wildman–Crippen MR) is 214 cm³/mol. The molecule has 8 rings (SSSR count). The molecular weight excluding hydrogens is 689 g/mol. The highest BCUT2D eigenvalue weighted by Gasteiger charge is 2.24. The van der Waals surface area contributed by atoms with Crippen LogP contribution >= 0.6 is 0 Å². The van der Waals surface area contributed by atoms with E-state index in [2.05, 4.69) is 0 Å². The third-order valence-electron chi connectivity index (χ3n) is 9.29. The van der Waals surface area contributed by atoms with Gasteiger partial charge in [-0.25, -0.2) is 0 Å². The third-order valence-corrected chi connectivity index (χ3v) is 9.29. The first-order valence-electron chi connectivity index (χ1n) is 17.4. The fraction of sp³-hybridized carbons (Fsp3) is 0. The first-order chi connectivity index (χ1) is 27.0. The molecule has 2 aromatic heterocycles. The van der Waals surface area contributed by atoms with Crippen LogP contribution in [0.15, 0.2) is 182 Å². The Morgan fingerprint density at radius 2 is 0.800 bits per heavy atom. The van der Waals surface area contributed by atoms with E-state index in [1.165, 1.54) is 24.3 Å². The number of nitro benzene ring substituents is 2. The molecule has 0 bridgehead atoms. The molecular formula is C46H30N4O5. The van der Waals surface area contributed by atoms with Gasteiger partial charge in [0.2, 0.25) is 0 Å². The van der Waals surface area contributed by atoms with Crippen LogP contribution < -0.4 is 4.74 Å². The maximum atomic E-state index is 12.2. The molecule has 0 unspecified atom stereocenters. The van der Waals surface area contributed by atoms with Crippen molar-refractivity contribution in [3.63, 3.8) is 0 Å². The molecule has 55 heavy (non-hydrogen) atoms. The minimum Gasteiger partial charge on any atom is -0.456 e. The lowest BCUT2D eigenvalue weighted by Crippen LogP contribution is -1.99. The Morgan fingerprint density at radius 3 is 1.18 bits per heavy atom. The van der Waals surface area contributed by atoms with Gasteiger partial charge in [-0.2, -0.15) is 0 Å². The van der Waals surface area contributed by atoms with Crippen molar-refractivity contribution in [1.82, 2.24) is 9.97 Å². The van der Waals surface area contributed by atoms with Crippen LogP contribution in [-0.2, 0) is 0 Å². The molecule has 8 aromatic rings. The Morgan fingerprint density at radius 1 is 0.400 bits per heavy atom. The highest BCUT2D eigenvalue weighted by molar-refractivity contribution is 5.97. The van der Waals surface area contributed by atoms with E-state index >= 15 is 0 Å². The lowest BCUT2D eigenvalue weighted by Gasteiger charge is -2.20. The SMILES string of the molecule is O=[N+]([O-])c1ccc(Oc2ccc([N+](=O)[O-])cc2-c2cccc(-c3ccccc3)c2-c2ccccn2)c(-c2cccc(-c3ccccc3)c2-c2ccccn2)c1. The average molecular weight is 719 g/mol. The van der Waals surface area contributed by atoms with E-state index in [9.17, 15) is 20.2 Å². The molecule has 9 heteroatoms. The Hall–Kier alpha value is -7.78. The molecule has 9 nitrogen and oxygen atoms in total. The van der Waals surface area contributed by atoms with Crippen LogP contribution in [0.3, 0.4) is 0 Å². The molecule has 264 valence electrons. The Balaban J connectivity index is 1.37. The van der Waals surface area contributed by atoms with Crippen LogP contribution in [0.1, 0.15) is 0 Å². The molecule has 0 aliphatic carbocycles. The molecule has 0 aliphatic rings. The lowest BCUT2D eigenvalue weighted by molar-refractivity contribution is -0.385. The second kappa shape index (κ2) is 15.1.